The Bertz CT molecular complexity index is 466. The number of hydrogen-bond acceptors (Lipinski definition) is 1. The Morgan fingerprint density at radius 1 is 1.36 bits per heavy atom. The van der Waals surface area contributed by atoms with Gasteiger partial charge in [-0.25, -0.2) is 9.37 Å². The van der Waals surface area contributed by atoms with Crippen molar-refractivity contribution < 1.29 is 4.39 Å². The van der Waals surface area contributed by atoms with E-state index in [0.29, 0.717) is 11.0 Å². The average molecular weight is 192 g/mol. The minimum atomic E-state index is -0.206. The zero-order chi connectivity index (χ0) is 10.3. The van der Waals surface area contributed by atoms with Crippen LogP contribution in [0.2, 0.25) is 0 Å². The second-order valence-corrected chi connectivity index (χ2v) is 4.39. The fourth-order valence-electron chi connectivity index (χ4n) is 1.53. The van der Waals surface area contributed by atoms with Gasteiger partial charge in [-0.15, -0.1) is 0 Å². The molecule has 2 rings (SSSR count). The normalized spacial score (nSPS) is 12.3. The summed E-state index contributed by atoms with van der Waals surface area (Å²) in [6.45, 7) is 6.08. The van der Waals surface area contributed by atoms with E-state index >= 15 is 0 Å². The van der Waals surface area contributed by atoms with Gasteiger partial charge in [0.15, 0.2) is 0 Å². The Morgan fingerprint density at radius 2 is 2.07 bits per heavy atom. The van der Waals surface area contributed by atoms with Crippen molar-refractivity contribution in [3.05, 3.63) is 30.3 Å². The molecule has 0 aliphatic carbocycles. The van der Waals surface area contributed by atoms with E-state index in [4.69, 9.17) is 0 Å². The topological polar surface area (TPSA) is 17.8 Å². The van der Waals surface area contributed by atoms with Crippen LogP contribution in [0.4, 0.5) is 4.39 Å². The Kier molecular flexibility index (Phi) is 1.84. The minimum absolute atomic E-state index is 0.142. The Balaban J connectivity index is 2.80. The number of nitrogens with zero attached hydrogens (tertiary/aromatic N) is 2. The summed E-state index contributed by atoms with van der Waals surface area (Å²) in [6.07, 6.45) is 3.20. The molecule has 0 amide bonds. The van der Waals surface area contributed by atoms with Crippen LogP contribution in [0.5, 0.6) is 0 Å². The average Bonchev–Trinajstić information content (AvgIpc) is 2.44. The molecular weight excluding hydrogens is 179 g/mol. The van der Waals surface area contributed by atoms with Crippen molar-refractivity contribution in [1.29, 1.82) is 0 Å². The molecule has 0 unspecified atom stereocenters. The van der Waals surface area contributed by atoms with Gasteiger partial charge in [0, 0.05) is 17.9 Å². The second-order valence-electron chi connectivity index (χ2n) is 4.39. The molecule has 0 N–H and O–H groups in total. The molecule has 0 spiro atoms. The first-order chi connectivity index (χ1) is 6.50. The van der Waals surface area contributed by atoms with Gasteiger partial charge in [0.25, 0.3) is 0 Å². The van der Waals surface area contributed by atoms with Crippen molar-refractivity contribution in [2.24, 2.45) is 0 Å². The van der Waals surface area contributed by atoms with E-state index in [0.717, 1.165) is 0 Å². The van der Waals surface area contributed by atoms with Gasteiger partial charge < -0.3 is 4.57 Å². The standard InChI is InChI=1S/C11H13FN2/c1-11(2,3)14-7-9(12)8-5-4-6-13-10(8)14/h4-7H,1-3H3. The zero-order valence-corrected chi connectivity index (χ0v) is 8.58. The van der Waals surface area contributed by atoms with Crippen LogP contribution in [-0.4, -0.2) is 9.55 Å². The minimum Gasteiger partial charge on any atom is -0.324 e. The lowest BCUT2D eigenvalue weighted by Crippen LogP contribution is -2.20. The number of rotatable bonds is 0. The summed E-state index contributed by atoms with van der Waals surface area (Å²) in [6, 6.07) is 3.50. The molecule has 0 aliphatic heterocycles. The predicted molar refractivity (Wildman–Crippen MR) is 54.7 cm³/mol. The fraction of sp³-hybridized carbons (Fsp3) is 0.364. The first-order valence-corrected chi connectivity index (χ1v) is 4.62. The van der Waals surface area contributed by atoms with Crippen LogP contribution in [0.3, 0.4) is 0 Å². The van der Waals surface area contributed by atoms with Gasteiger partial charge in [0.05, 0.1) is 5.39 Å². The van der Waals surface area contributed by atoms with E-state index in [9.17, 15) is 4.39 Å². The second kappa shape index (κ2) is 2.80. The highest BCUT2D eigenvalue weighted by Gasteiger charge is 2.18. The molecule has 2 nitrogen and oxygen atoms in total. The molecule has 0 aromatic carbocycles. The number of fused-ring (bicyclic) bond motifs is 1. The quantitative estimate of drug-likeness (QED) is 0.627. The lowest BCUT2D eigenvalue weighted by atomic mass is 10.1. The Hall–Kier alpha value is -1.38. The molecule has 0 radical (unpaired) electrons. The largest absolute Gasteiger partial charge is 0.324 e. The van der Waals surface area contributed by atoms with Gasteiger partial charge in [-0.3, -0.25) is 0 Å². The van der Waals surface area contributed by atoms with E-state index in [-0.39, 0.29) is 11.4 Å². The lowest BCUT2D eigenvalue weighted by Gasteiger charge is -2.21. The van der Waals surface area contributed by atoms with Crippen LogP contribution in [0.15, 0.2) is 24.5 Å². The summed E-state index contributed by atoms with van der Waals surface area (Å²) in [7, 11) is 0. The molecule has 0 atom stereocenters. The highest BCUT2D eigenvalue weighted by molar-refractivity contribution is 5.76. The van der Waals surface area contributed by atoms with Gasteiger partial charge in [0.2, 0.25) is 0 Å². The summed E-state index contributed by atoms with van der Waals surface area (Å²) in [5.74, 6) is -0.206. The molecule has 0 saturated carbocycles. The van der Waals surface area contributed by atoms with E-state index < -0.39 is 0 Å². The summed E-state index contributed by atoms with van der Waals surface area (Å²) < 4.78 is 15.3. The summed E-state index contributed by atoms with van der Waals surface area (Å²) in [4.78, 5) is 4.19. The molecule has 0 aliphatic rings. The third-order valence-corrected chi connectivity index (χ3v) is 2.24. The maximum absolute atomic E-state index is 13.5. The van der Waals surface area contributed by atoms with Crippen molar-refractivity contribution in [2.45, 2.75) is 26.3 Å². The highest BCUT2D eigenvalue weighted by atomic mass is 19.1. The third kappa shape index (κ3) is 1.29. The molecule has 74 valence electrons. The Labute approximate surface area is 82.4 Å². The number of pyridine rings is 1. The maximum Gasteiger partial charge on any atom is 0.150 e. The molecule has 0 saturated heterocycles. The van der Waals surface area contributed by atoms with Crippen LogP contribution in [-0.2, 0) is 5.54 Å². The Morgan fingerprint density at radius 3 is 2.71 bits per heavy atom. The molecular formula is C11H13FN2. The van der Waals surface area contributed by atoms with E-state index in [1.165, 1.54) is 6.20 Å². The van der Waals surface area contributed by atoms with Crippen LogP contribution in [0.1, 0.15) is 20.8 Å². The van der Waals surface area contributed by atoms with Crippen molar-refractivity contribution in [1.82, 2.24) is 9.55 Å². The fourth-order valence-corrected chi connectivity index (χ4v) is 1.53. The molecule has 2 aromatic rings. The van der Waals surface area contributed by atoms with Crippen molar-refractivity contribution in [2.75, 3.05) is 0 Å². The van der Waals surface area contributed by atoms with Crippen LogP contribution < -0.4 is 0 Å². The van der Waals surface area contributed by atoms with Gasteiger partial charge in [-0.05, 0) is 32.9 Å². The molecule has 0 fully saturated rings. The third-order valence-electron chi connectivity index (χ3n) is 2.24. The molecule has 3 heteroatoms. The zero-order valence-electron chi connectivity index (χ0n) is 8.58. The van der Waals surface area contributed by atoms with Crippen LogP contribution >= 0.6 is 0 Å². The van der Waals surface area contributed by atoms with Gasteiger partial charge in [0.1, 0.15) is 11.5 Å². The molecule has 2 heterocycles. The van der Waals surface area contributed by atoms with Gasteiger partial charge in [-0.2, -0.15) is 0 Å². The first-order valence-electron chi connectivity index (χ1n) is 4.62. The number of aromatic nitrogens is 2. The molecule has 2 aromatic heterocycles. The van der Waals surface area contributed by atoms with E-state index in [2.05, 4.69) is 4.98 Å². The van der Waals surface area contributed by atoms with E-state index in [1.807, 2.05) is 25.3 Å². The van der Waals surface area contributed by atoms with Crippen LogP contribution in [0.25, 0.3) is 11.0 Å². The smallest absolute Gasteiger partial charge is 0.150 e. The van der Waals surface area contributed by atoms with Crippen molar-refractivity contribution >= 4 is 11.0 Å². The van der Waals surface area contributed by atoms with Gasteiger partial charge in [-0.1, -0.05) is 0 Å². The monoisotopic (exact) mass is 192 g/mol. The molecule has 0 bridgehead atoms. The maximum atomic E-state index is 13.5. The van der Waals surface area contributed by atoms with Crippen LogP contribution in [0, 0.1) is 5.82 Å². The van der Waals surface area contributed by atoms with Crippen molar-refractivity contribution in [3.8, 4) is 0 Å². The number of hydrogen-bond donors (Lipinski definition) is 0. The first kappa shape index (κ1) is 9.19. The SMILES string of the molecule is CC(C)(C)n1cc(F)c2cccnc21. The predicted octanol–water partition coefficient (Wildman–Crippen LogP) is 2.93. The number of halogens is 1. The van der Waals surface area contributed by atoms with E-state index in [1.54, 1.807) is 18.3 Å². The lowest BCUT2D eigenvalue weighted by molar-refractivity contribution is 0.404. The summed E-state index contributed by atoms with van der Waals surface area (Å²) in [5.41, 5.74) is 0.564. The molecule has 14 heavy (non-hydrogen) atoms. The van der Waals surface area contributed by atoms with Crippen molar-refractivity contribution in [3.63, 3.8) is 0 Å². The summed E-state index contributed by atoms with van der Waals surface area (Å²) >= 11 is 0. The highest BCUT2D eigenvalue weighted by Crippen LogP contribution is 2.24. The summed E-state index contributed by atoms with van der Waals surface area (Å²) in [5, 5.41) is 0.586. The van der Waals surface area contributed by atoms with Gasteiger partial charge >= 0.3 is 0 Å².